The van der Waals surface area contributed by atoms with Crippen molar-refractivity contribution in [3.63, 3.8) is 0 Å². The molecule has 5 nitrogen and oxygen atoms in total. The number of aromatic hydroxyl groups is 1. The summed E-state index contributed by atoms with van der Waals surface area (Å²) in [5, 5.41) is 18.6. The molecular weight excluding hydrogens is 234 g/mol. The summed E-state index contributed by atoms with van der Waals surface area (Å²) in [6.07, 6.45) is 1.24. The van der Waals surface area contributed by atoms with E-state index in [1.54, 1.807) is 25.1 Å². The fraction of sp³-hybridized carbons (Fsp3) is 0.231. The van der Waals surface area contributed by atoms with Gasteiger partial charge in [-0.05, 0) is 25.1 Å². The number of esters is 1. The van der Waals surface area contributed by atoms with Crippen LogP contribution in [-0.2, 0) is 9.53 Å². The first-order chi connectivity index (χ1) is 8.63. The first kappa shape index (κ1) is 13.6. The Kier molecular flexibility index (Phi) is 4.76. The van der Waals surface area contributed by atoms with Crippen LogP contribution >= 0.6 is 0 Å². The second-order valence-electron chi connectivity index (χ2n) is 3.28. The standard InChI is InChI=1S/C13H13NO4/c1-3-18-13(16)9(8-14)7-10-11(15)5-4-6-12(10)17-2/h4-7,15H,3H2,1-2H3/b9-7+. The summed E-state index contributed by atoms with van der Waals surface area (Å²) in [7, 11) is 1.43. The molecule has 0 bridgehead atoms. The van der Waals surface area contributed by atoms with E-state index in [2.05, 4.69) is 0 Å². The van der Waals surface area contributed by atoms with E-state index in [0.29, 0.717) is 5.75 Å². The predicted molar refractivity (Wildman–Crippen MR) is 64.9 cm³/mol. The van der Waals surface area contributed by atoms with Gasteiger partial charge >= 0.3 is 5.97 Å². The Bertz CT molecular complexity index is 514. The van der Waals surface area contributed by atoms with Crippen molar-refractivity contribution in [3.8, 4) is 17.6 Å². The zero-order valence-corrected chi connectivity index (χ0v) is 10.1. The van der Waals surface area contributed by atoms with Gasteiger partial charge in [-0.3, -0.25) is 0 Å². The molecular formula is C13H13NO4. The molecule has 5 heteroatoms. The number of carbonyl (C=O) groups excluding carboxylic acids is 1. The molecule has 0 atom stereocenters. The van der Waals surface area contributed by atoms with Crippen molar-refractivity contribution in [1.29, 1.82) is 5.26 Å². The van der Waals surface area contributed by atoms with Gasteiger partial charge in [0.25, 0.3) is 0 Å². The van der Waals surface area contributed by atoms with Gasteiger partial charge in [-0.15, -0.1) is 0 Å². The third-order valence-electron chi connectivity index (χ3n) is 2.17. The van der Waals surface area contributed by atoms with Crippen molar-refractivity contribution in [2.75, 3.05) is 13.7 Å². The average Bonchev–Trinajstić information content (AvgIpc) is 2.37. The van der Waals surface area contributed by atoms with E-state index in [4.69, 9.17) is 14.7 Å². The van der Waals surface area contributed by atoms with Crippen molar-refractivity contribution in [2.45, 2.75) is 6.92 Å². The molecule has 0 spiro atoms. The summed E-state index contributed by atoms with van der Waals surface area (Å²) in [6, 6.07) is 6.39. The third-order valence-corrected chi connectivity index (χ3v) is 2.17. The minimum atomic E-state index is -0.731. The Labute approximate surface area is 105 Å². The number of hydrogen-bond acceptors (Lipinski definition) is 5. The average molecular weight is 247 g/mol. The molecule has 0 saturated heterocycles. The molecule has 18 heavy (non-hydrogen) atoms. The van der Waals surface area contributed by atoms with Crippen molar-refractivity contribution in [1.82, 2.24) is 0 Å². The molecule has 0 fully saturated rings. The van der Waals surface area contributed by atoms with E-state index in [1.807, 2.05) is 0 Å². The number of benzene rings is 1. The number of carbonyl (C=O) groups is 1. The van der Waals surface area contributed by atoms with Crippen LogP contribution in [0.2, 0.25) is 0 Å². The van der Waals surface area contributed by atoms with Crippen LogP contribution in [0.4, 0.5) is 0 Å². The van der Waals surface area contributed by atoms with Crippen LogP contribution < -0.4 is 4.74 Å². The maximum absolute atomic E-state index is 11.5. The maximum atomic E-state index is 11.5. The summed E-state index contributed by atoms with van der Waals surface area (Å²) in [5.74, 6) is -0.441. The molecule has 1 N–H and O–H groups in total. The Morgan fingerprint density at radius 3 is 2.83 bits per heavy atom. The minimum Gasteiger partial charge on any atom is -0.507 e. The molecule has 0 aliphatic rings. The highest BCUT2D eigenvalue weighted by Gasteiger charge is 2.13. The van der Waals surface area contributed by atoms with Crippen LogP contribution in [0.5, 0.6) is 11.5 Å². The Morgan fingerprint density at radius 2 is 2.28 bits per heavy atom. The highest BCUT2D eigenvalue weighted by Crippen LogP contribution is 2.29. The lowest BCUT2D eigenvalue weighted by molar-refractivity contribution is -0.137. The van der Waals surface area contributed by atoms with Crippen LogP contribution in [-0.4, -0.2) is 24.8 Å². The number of nitrogens with zero attached hydrogens (tertiary/aromatic N) is 1. The van der Waals surface area contributed by atoms with Crippen LogP contribution in [0, 0.1) is 11.3 Å². The van der Waals surface area contributed by atoms with Gasteiger partial charge in [0.05, 0.1) is 19.3 Å². The molecule has 1 aromatic rings. The highest BCUT2D eigenvalue weighted by atomic mass is 16.5. The van der Waals surface area contributed by atoms with E-state index in [0.717, 1.165) is 0 Å². The second kappa shape index (κ2) is 6.30. The SMILES string of the molecule is CCOC(=O)/C(C#N)=C/c1c(O)cccc1OC. The summed E-state index contributed by atoms with van der Waals surface area (Å²) in [4.78, 5) is 11.5. The zero-order chi connectivity index (χ0) is 13.5. The lowest BCUT2D eigenvalue weighted by atomic mass is 10.1. The van der Waals surface area contributed by atoms with Crippen LogP contribution in [0.15, 0.2) is 23.8 Å². The summed E-state index contributed by atoms with van der Waals surface area (Å²) in [5.41, 5.74) is 0.0706. The Balaban J connectivity index is 3.22. The number of methoxy groups -OCH3 is 1. The van der Waals surface area contributed by atoms with E-state index < -0.39 is 5.97 Å². The lowest BCUT2D eigenvalue weighted by Crippen LogP contribution is -2.06. The predicted octanol–water partition coefficient (Wildman–Crippen LogP) is 1.87. The first-order valence-electron chi connectivity index (χ1n) is 5.28. The summed E-state index contributed by atoms with van der Waals surface area (Å²) >= 11 is 0. The Morgan fingerprint density at radius 1 is 1.56 bits per heavy atom. The maximum Gasteiger partial charge on any atom is 0.348 e. The highest BCUT2D eigenvalue weighted by molar-refractivity contribution is 5.98. The van der Waals surface area contributed by atoms with Crippen LogP contribution in [0.1, 0.15) is 12.5 Å². The van der Waals surface area contributed by atoms with Crippen molar-refractivity contribution < 1.29 is 19.4 Å². The zero-order valence-electron chi connectivity index (χ0n) is 10.1. The van der Waals surface area contributed by atoms with Gasteiger partial charge in [0.1, 0.15) is 23.1 Å². The Hall–Kier alpha value is -2.48. The first-order valence-corrected chi connectivity index (χ1v) is 5.28. The molecule has 1 aromatic carbocycles. The fourth-order valence-corrected chi connectivity index (χ4v) is 1.35. The molecule has 0 aliphatic carbocycles. The normalized spacial score (nSPS) is 10.6. The van der Waals surface area contributed by atoms with E-state index in [1.165, 1.54) is 19.3 Å². The molecule has 0 heterocycles. The van der Waals surface area contributed by atoms with E-state index in [9.17, 15) is 9.90 Å². The molecule has 0 unspecified atom stereocenters. The topological polar surface area (TPSA) is 79.6 Å². The molecule has 94 valence electrons. The van der Waals surface area contributed by atoms with Crippen LogP contribution in [0.3, 0.4) is 0 Å². The second-order valence-corrected chi connectivity index (χ2v) is 3.28. The smallest absolute Gasteiger partial charge is 0.348 e. The van der Waals surface area contributed by atoms with Gasteiger partial charge < -0.3 is 14.6 Å². The molecule has 0 aliphatic heterocycles. The number of phenols is 1. The molecule has 0 amide bonds. The molecule has 0 radical (unpaired) electrons. The van der Waals surface area contributed by atoms with Gasteiger partial charge in [-0.2, -0.15) is 5.26 Å². The van der Waals surface area contributed by atoms with E-state index in [-0.39, 0.29) is 23.5 Å². The van der Waals surface area contributed by atoms with Gasteiger partial charge in [-0.25, -0.2) is 4.79 Å². The van der Waals surface area contributed by atoms with Crippen molar-refractivity contribution in [3.05, 3.63) is 29.3 Å². The van der Waals surface area contributed by atoms with Crippen molar-refractivity contribution in [2.24, 2.45) is 0 Å². The fourth-order valence-electron chi connectivity index (χ4n) is 1.35. The van der Waals surface area contributed by atoms with Crippen LogP contribution in [0.25, 0.3) is 6.08 Å². The number of rotatable bonds is 4. The molecule has 1 rings (SSSR count). The van der Waals surface area contributed by atoms with Gasteiger partial charge in [-0.1, -0.05) is 6.07 Å². The van der Waals surface area contributed by atoms with Gasteiger partial charge in [0.15, 0.2) is 0 Å². The van der Waals surface area contributed by atoms with Gasteiger partial charge in [0.2, 0.25) is 0 Å². The van der Waals surface area contributed by atoms with Crippen molar-refractivity contribution >= 4 is 12.0 Å². The summed E-state index contributed by atoms with van der Waals surface area (Å²) < 4.78 is 9.77. The molecule has 0 saturated carbocycles. The largest absolute Gasteiger partial charge is 0.507 e. The van der Waals surface area contributed by atoms with Gasteiger partial charge in [0, 0.05) is 0 Å². The van der Waals surface area contributed by atoms with E-state index >= 15 is 0 Å². The molecule has 0 aromatic heterocycles. The summed E-state index contributed by atoms with van der Waals surface area (Å²) in [6.45, 7) is 1.82. The number of nitriles is 1. The quantitative estimate of drug-likeness (QED) is 0.499. The lowest BCUT2D eigenvalue weighted by Gasteiger charge is -2.07. The third kappa shape index (κ3) is 3.01. The number of hydrogen-bond donors (Lipinski definition) is 1. The minimum absolute atomic E-state index is 0.0774. The number of ether oxygens (including phenoxy) is 2. The monoisotopic (exact) mass is 247 g/mol. The number of phenolic OH excluding ortho intramolecular Hbond substituents is 1.